The van der Waals surface area contributed by atoms with Crippen LogP contribution in [0.2, 0.25) is 5.02 Å². The fourth-order valence-electron chi connectivity index (χ4n) is 2.25. The normalized spacial score (nSPS) is 11.5. The van der Waals surface area contributed by atoms with E-state index >= 15 is 0 Å². The maximum atomic E-state index is 12.6. The third kappa shape index (κ3) is 4.75. The number of benzene rings is 2. The SMILES string of the molecule is Cc1[nH]n(-c2cc(S(=O)(=O)[O-])ccc2Cl)c(=O)c1N=Nc1ccccc1.[Na+]. The summed E-state index contributed by atoms with van der Waals surface area (Å²) in [7, 11) is -4.69. The Morgan fingerprint density at radius 1 is 1.11 bits per heavy atom. The summed E-state index contributed by atoms with van der Waals surface area (Å²) in [5.41, 5.74) is 0.459. The molecule has 0 atom stereocenters. The summed E-state index contributed by atoms with van der Waals surface area (Å²) in [6, 6.07) is 12.2. The van der Waals surface area contributed by atoms with Crippen molar-refractivity contribution in [2.45, 2.75) is 11.8 Å². The number of aryl methyl sites for hydroxylation is 1. The molecule has 0 aliphatic heterocycles. The van der Waals surface area contributed by atoms with Gasteiger partial charge in [0.05, 0.1) is 27.0 Å². The number of rotatable bonds is 4. The van der Waals surface area contributed by atoms with E-state index in [9.17, 15) is 17.8 Å². The Balaban J connectivity index is 0.00000261. The Hall–Kier alpha value is -1.75. The van der Waals surface area contributed by atoms with Crippen molar-refractivity contribution in [3.05, 3.63) is 69.6 Å². The molecule has 0 radical (unpaired) electrons. The zero-order valence-corrected chi connectivity index (χ0v) is 18.0. The van der Waals surface area contributed by atoms with Crippen LogP contribution in [0.25, 0.3) is 5.69 Å². The number of aromatic nitrogens is 2. The van der Waals surface area contributed by atoms with Gasteiger partial charge in [-0.15, -0.1) is 5.11 Å². The minimum absolute atomic E-state index is 0. The van der Waals surface area contributed by atoms with Crippen LogP contribution < -0.4 is 35.1 Å². The number of azo groups is 1. The summed E-state index contributed by atoms with van der Waals surface area (Å²) in [6.07, 6.45) is 0. The Bertz CT molecular complexity index is 1160. The standard InChI is InChI=1S/C16H13ClN4O4S.Na/c1-10-15(19-18-11-5-3-2-4-6-11)16(22)21(20-10)14-9-12(26(23,24)25)7-8-13(14)17;/h2-9,20H,1H3,(H,23,24,25);/q;+1/p-1. The third-order valence-electron chi connectivity index (χ3n) is 3.51. The van der Waals surface area contributed by atoms with E-state index in [1.165, 1.54) is 6.07 Å². The van der Waals surface area contributed by atoms with Crippen LogP contribution >= 0.6 is 11.6 Å². The van der Waals surface area contributed by atoms with Gasteiger partial charge in [-0.25, -0.2) is 13.1 Å². The van der Waals surface area contributed by atoms with Gasteiger partial charge in [0.1, 0.15) is 10.1 Å². The van der Waals surface area contributed by atoms with Crippen molar-refractivity contribution < 1.29 is 42.5 Å². The predicted molar refractivity (Wildman–Crippen MR) is 94.7 cm³/mol. The molecule has 11 heteroatoms. The summed E-state index contributed by atoms with van der Waals surface area (Å²) in [5, 5.41) is 10.8. The molecule has 3 aromatic rings. The Morgan fingerprint density at radius 2 is 1.78 bits per heavy atom. The molecule has 1 aromatic heterocycles. The van der Waals surface area contributed by atoms with Gasteiger partial charge in [-0.05, 0) is 37.3 Å². The summed E-state index contributed by atoms with van der Waals surface area (Å²) in [5.74, 6) is 0. The van der Waals surface area contributed by atoms with Gasteiger partial charge in [0, 0.05) is 0 Å². The maximum absolute atomic E-state index is 12.6. The Kier molecular flexibility index (Phi) is 6.79. The number of nitrogens with zero attached hydrogens (tertiary/aromatic N) is 3. The minimum atomic E-state index is -4.69. The molecule has 0 saturated carbocycles. The third-order valence-corrected chi connectivity index (χ3v) is 4.66. The van der Waals surface area contributed by atoms with Gasteiger partial charge in [0.15, 0.2) is 5.69 Å². The van der Waals surface area contributed by atoms with Gasteiger partial charge in [-0.2, -0.15) is 5.11 Å². The molecule has 0 unspecified atom stereocenters. The fraction of sp³-hybridized carbons (Fsp3) is 0.0625. The number of hydrogen-bond donors (Lipinski definition) is 1. The molecule has 0 aliphatic rings. The van der Waals surface area contributed by atoms with E-state index in [-0.39, 0.29) is 46.0 Å². The molecule has 0 fully saturated rings. The van der Waals surface area contributed by atoms with E-state index in [4.69, 9.17) is 11.6 Å². The summed E-state index contributed by atoms with van der Waals surface area (Å²) in [6.45, 7) is 1.61. The van der Waals surface area contributed by atoms with Crippen LogP contribution in [0.3, 0.4) is 0 Å². The fourth-order valence-corrected chi connectivity index (χ4v) is 2.94. The molecule has 0 amide bonds. The first kappa shape index (κ1) is 21.5. The van der Waals surface area contributed by atoms with Crippen molar-refractivity contribution in [3.63, 3.8) is 0 Å². The molecule has 0 bridgehead atoms. The molecule has 2 aromatic carbocycles. The molecule has 0 saturated heterocycles. The van der Waals surface area contributed by atoms with Crippen molar-refractivity contribution in [1.29, 1.82) is 0 Å². The number of nitrogens with one attached hydrogen (secondary N) is 1. The van der Waals surface area contributed by atoms with Crippen LogP contribution in [-0.2, 0) is 10.1 Å². The molecule has 3 rings (SSSR count). The van der Waals surface area contributed by atoms with Crippen LogP contribution in [0.4, 0.5) is 11.4 Å². The number of H-pyrrole nitrogens is 1. The van der Waals surface area contributed by atoms with Crippen LogP contribution in [-0.4, -0.2) is 22.8 Å². The van der Waals surface area contributed by atoms with Gasteiger partial charge >= 0.3 is 29.6 Å². The summed E-state index contributed by atoms with van der Waals surface area (Å²) >= 11 is 6.06. The summed E-state index contributed by atoms with van der Waals surface area (Å²) in [4.78, 5) is 12.1. The molecule has 0 spiro atoms. The molecule has 0 aliphatic carbocycles. The Morgan fingerprint density at radius 3 is 2.41 bits per heavy atom. The second-order valence-electron chi connectivity index (χ2n) is 5.33. The average Bonchev–Trinajstić information content (AvgIpc) is 2.87. The van der Waals surface area contributed by atoms with Crippen molar-refractivity contribution in [2.75, 3.05) is 0 Å². The van der Waals surface area contributed by atoms with Gasteiger partial charge in [-0.3, -0.25) is 9.89 Å². The quantitative estimate of drug-likeness (QED) is 0.378. The molecular formula is C16H12ClN4NaO4S. The smallest absolute Gasteiger partial charge is 0.744 e. The van der Waals surface area contributed by atoms with Crippen molar-refractivity contribution >= 4 is 33.1 Å². The first-order valence-electron chi connectivity index (χ1n) is 7.31. The molecule has 27 heavy (non-hydrogen) atoms. The van der Waals surface area contributed by atoms with Gasteiger partial charge in [0.2, 0.25) is 0 Å². The van der Waals surface area contributed by atoms with E-state index in [2.05, 4.69) is 15.3 Å². The van der Waals surface area contributed by atoms with E-state index < -0.39 is 20.6 Å². The molecule has 1 N–H and O–H groups in total. The van der Waals surface area contributed by atoms with E-state index in [1.54, 1.807) is 31.2 Å². The average molecular weight is 415 g/mol. The van der Waals surface area contributed by atoms with Crippen molar-refractivity contribution in [1.82, 2.24) is 9.78 Å². The maximum Gasteiger partial charge on any atom is 1.00 e. The molecule has 1 heterocycles. The zero-order chi connectivity index (χ0) is 18.9. The number of halogens is 1. The first-order chi connectivity index (χ1) is 12.3. The minimum Gasteiger partial charge on any atom is -0.744 e. The van der Waals surface area contributed by atoms with Crippen molar-refractivity contribution in [3.8, 4) is 5.69 Å². The van der Waals surface area contributed by atoms with E-state index in [0.29, 0.717) is 11.4 Å². The van der Waals surface area contributed by atoms with Crippen LogP contribution in [0.1, 0.15) is 5.69 Å². The van der Waals surface area contributed by atoms with E-state index in [1.807, 2.05) is 6.07 Å². The second kappa shape index (κ2) is 8.51. The van der Waals surface area contributed by atoms with Crippen LogP contribution in [0.5, 0.6) is 0 Å². The number of aromatic amines is 1. The Labute approximate surface area is 181 Å². The number of hydrogen-bond acceptors (Lipinski definition) is 6. The van der Waals surface area contributed by atoms with E-state index in [0.717, 1.165) is 16.8 Å². The van der Waals surface area contributed by atoms with Crippen molar-refractivity contribution in [2.24, 2.45) is 10.2 Å². The summed E-state index contributed by atoms with van der Waals surface area (Å²) < 4.78 is 34.7. The predicted octanol–water partition coefficient (Wildman–Crippen LogP) is 0.451. The zero-order valence-electron chi connectivity index (χ0n) is 14.4. The molecular weight excluding hydrogens is 403 g/mol. The monoisotopic (exact) mass is 414 g/mol. The second-order valence-corrected chi connectivity index (χ2v) is 7.12. The largest absolute Gasteiger partial charge is 1.00 e. The topological polar surface area (TPSA) is 120 Å². The van der Waals surface area contributed by atoms with Gasteiger partial charge in [0.25, 0.3) is 5.56 Å². The van der Waals surface area contributed by atoms with Gasteiger partial charge < -0.3 is 4.55 Å². The first-order valence-corrected chi connectivity index (χ1v) is 9.10. The molecule has 134 valence electrons. The molecule has 8 nitrogen and oxygen atoms in total. The van der Waals surface area contributed by atoms with Crippen LogP contribution in [0.15, 0.2) is 68.4 Å². The van der Waals surface area contributed by atoms with Gasteiger partial charge in [-0.1, -0.05) is 29.8 Å². The van der Waals surface area contributed by atoms with Crippen LogP contribution in [0, 0.1) is 6.92 Å².